The van der Waals surface area contributed by atoms with Crippen molar-refractivity contribution in [3.05, 3.63) is 169 Å². The number of hydrogen-bond acceptors (Lipinski definition) is 12. The van der Waals surface area contributed by atoms with E-state index in [9.17, 15) is 50.4 Å². The Kier molecular flexibility index (Phi) is 21.2. The van der Waals surface area contributed by atoms with Crippen molar-refractivity contribution in [2.75, 3.05) is 14.2 Å². The maximum atomic E-state index is 9.87. The molecule has 3 aromatic carbocycles. The first-order valence-electron chi connectivity index (χ1n) is 21.2. The van der Waals surface area contributed by atoms with Gasteiger partial charge < -0.3 is 9.47 Å². The van der Waals surface area contributed by atoms with Crippen LogP contribution in [0.25, 0.3) is 68.1 Å². The van der Waals surface area contributed by atoms with Crippen LogP contribution in [0.4, 0.5) is 50.4 Å². The van der Waals surface area contributed by atoms with Gasteiger partial charge in [-0.2, -0.15) is 10.5 Å². The van der Waals surface area contributed by atoms with E-state index in [0.717, 1.165) is 61.2 Å². The van der Waals surface area contributed by atoms with Gasteiger partial charge in [-0.25, -0.2) is 19.3 Å². The van der Waals surface area contributed by atoms with Crippen LogP contribution in [0, 0.1) is 22.7 Å². The van der Waals surface area contributed by atoms with E-state index in [0.29, 0.717) is 22.8 Å². The molecule has 0 atom stereocenters. The SMILES string of the molecule is Brc1ccc(-c2cc(-c3ccccn3)nc(-c3ccccn3)c2)cc1.CC#N.CC#N.COc1ccc(-n2cc(-c3cccc(-c4cn(-c5ccc(OC)cc5)nn4)n3)nn2)cc1.F[P-](F)(F)(F)(F)F.F[P-](F)(F)(F)(F)F.[Ru+2]. The summed E-state index contributed by atoms with van der Waals surface area (Å²) in [6.45, 7) is 2.86. The molecular weight excluding hydrogens is 1250 g/mol. The number of nitrogens with zero attached hydrogens (tertiary/aromatic N) is 12. The molecular formula is C48H39BrF12N12O2P2Ru. The maximum absolute atomic E-state index is 10.7. The van der Waals surface area contributed by atoms with E-state index in [1.54, 1.807) is 48.1 Å². The van der Waals surface area contributed by atoms with Gasteiger partial charge in [-0.15, -0.1) is 10.2 Å². The Hall–Kier alpha value is -7.76. The van der Waals surface area contributed by atoms with Crippen LogP contribution in [0.1, 0.15) is 13.8 Å². The molecule has 0 bridgehead atoms. The molecule has 0 aliphatic carbocycles. The van der Waals surface area contributed by atoms with Crippen LogP contribution < -0.4 is 9.47 Å². The van der Waals surface area contributed by atoms with Gasteiger partial charge in [0.1, 0.15) is 22.9 Å². The molecule has 0 N–H and O–H groups in total. The summed E-state index contributed by atoms with van der Waals surface area (Å²) < 4.78 is 133. The summed E-state index contributed by atoms with van der Waals surface area (Å²) in [5.41, 5.74) is 10.0. The van der Waals surface area contributed by atoms with Crippen molar-refractivity contribution in [1.29, 1.82) is 10.5 Å². The van der Waals surface area contributed by atoms with Gasteiger partial charge in [0.25, 0.3) is 0 Å². The topological polar surface area (TPSA) is 179 Å². The number of benzene rings is 3. The molecule has 0 saturated heterocycles. The molecule has 6 heterocycles. The quantitative estimate of drug-likeness (QED) is 0.0759. The molecule has 412 valence electrons. The fourth-order valence-corrected chi connectivity index (χ4v) is 6.10. The van der Waals surface area contributed by atoms with Crippen molar-refractivity contribution < 1.29 is 79.3 Å². The third kappa shape index (κ3) is 25.4. The molecule has 0 aliphatic heterocycles. The Morgan fingerprint density at radius 2 is 0.782 bits per heavy atom. The number of hydrogen-bond donors (Lipinski definition) is 0. The van der Waals surface area contributed by atoms with Crippen LogP contribution in [0.15, 0.2) is 169 Å². The largest absolute Gasteiger partial charge is 2.00 e. The Bertz CT molecular complexity index is 3210. The molecule has 0 amide bonds. The van der Waals surface area contributed by atoms with Crippen LogP contribution in [-0.4, -0.2) is 64.1 Å². The van der Waals surface area contributed by atoms with Gasteiger partial charge in [-0.05, 0) is 120 Å². The molecule has 78 heavy (non-hydrogen) atoms. The van der Waals surface area contributed by atoms with Crippen molar-refractivity contribution in [1.82, 2.24) is 49.9 Å². The van der Waals surface area contributed by atoms with Crippen LogP contribution in [0.2, 0.25) is 0 Å². The predicted molar refractivity (Wildman–Crippen MR) is 272 cm³/mol. The summed E-state index contributed by atoms with van der Waals surface area (Å²) in [5, 5.41) is 31.6. The first-order chi connectivity index (χ1) is 35.7. The summed E-state index contributed by atoms with van der Waals surface area (Å²) in [4.78, 5) is 18.4. The van der Waals surface area contributed by atoms with E-state index >= 15 is 0 Å². The van der Waals surface area contributed by atoms with E-state index < -0.39 is 15.6 Å². The second kappa shape index (κ2) is 25.6. The number of methoxy groups -OCH3 is 2. The zero-order valence-electron chi connectivity index (χ0n) is 40.4. The average molecular weight is 1290 g/mol. The van der Waals surface area contributed by atoms with Crippen LogP contribution in [0.5, 0.6) is 11.5 Å². The van der Waals surface area contributed by atoms with Crippen LogP contribution in [-0.2, 0) is 19.5 Å². The van der Waals surface area contributed by atoms with Crippen molar-refractivity contribution in [2.24, 2.45) is 0 Å². The summed E-state index contributed by atoms with van der Waals surface area (Å²) in [6, 6.07) is 48.4. The fraction of sp³-hybridized carbons (Fsp3) is 0.0833. The number of ether oxygens (including phenoxy) is 2. The summed E-state index contributed by atoms with van der Waals surface area (Å²) in [7, 11) is -18.0. The van der Waals surface area contributed by atoms with E-state index in [4.69, 9.17) is 30.0 Å². The second-order valence-corrected chi connectivity index (χ2v) is 19.6. The summed E-state index contributed by atoms with van der Waals surface area (Å²) >= 11 is 3.49. The van der Waals surface area contributed by atoms with E-state index in [1.165, 1.54) is 13.8 Å². The smallest absolute Gasteiger partial charge is 2.00 e. The van der Waals surface area contributed by atoms with Crippen molar-refractivity contribution in [2.45, 2.75) is 13.8 Å². The number of rotatable bonds is 9. The van der Waals surface area contributed by atoms with Gasteiger partial charge in [0.2, 0.25) is 0 Å². The Balaban J connectivity index is 0.000000307. The zero-order valence-corrected chi connectivity index (χ0v) is 45.5. The van der Waals surface area contributed by atoms with Crippen molar-refractivity contribution in [3.63, 3.8) is 0 Å². The molecule has 0 spiro atoms. The van der Waals surface area contributed by atoms with Gasteiger partial charge in [0.05, 0.1) is 84.3 Å². The minimum atomic E-state index is -10.7. The third-order valence-electron chi connectivity index (χ3n) is 8.79. The molecule has 9 aromatic rings. The molecule has 14 nitrogen and oxygen atoms in total. The van der Waals surface area contributed by atoms with Gasteiger partial charge in [0, 0.05) is 30.7 Å². The number of aromatic nitrogens is 10. The first kappa shape index (κ1) is 64.5. The van der Waals surface area contributed by atoms with Gasteiger partial charge in [-0.3, -0.25) is 9.97 Å². The van der Waals surface area contributed by atoms with Gasteiger partial charge >= 0.3 is 85.5 Å². The number of nitriles is 2. The molecule has 30 heteroatoms. The standard InChI is InChI=1S/C23H19N7O2.C21H14BrN3.2C2H3N.2F6P.Ru/c1-31-18-10-6-16(7-11-18)29-14-22(25-27-29)20-4-3-5-21(24-20)23-15-30(28-26-23)17-8-12-19(32-2)13-9-17;22-17-9-7-15(8-10-17)16-13-20(18-5-1-3-11-23-18)25-21(14-16)19-6-2-4-12-24-19;2*1-2-3;2*1-7(2,3,4,5)6;/h3-15H,1-2H3;1-14H;2*1H3;;;/q;;;;2*-1;+2. The first-order valence-corrected chi connectivity index (χ1v) is 26.1. The van der Waals surface area contributed by atoms with Crippen LogP contribution in [0.3, 0.4) is 0 Å². The third-order valence-corrected chi connectivity index (χ3v) is 9.32. The van der Waals surface area contributed by atoms with Crippen molar-refractivity contribution in [3.8, 4) is 91.7 Å². The molecule has 0 aliphatic rings. The maximum Gasteiger partial charge on any atom is 2.00 e. The number of halogens is 13. The Morgan fingerprint density at radius 1 is 0.449 bits per heavy atom. The molecule has 9 rings (SSSR count). The minimum absolute atomic E-state index is 0. The van der Waals surface area contributed by atoms with E-state index in [1.807, 2.05) is 128 Å². The van der Waals surface area contributed by atoms with Gasteiger partial charge in [-0.1, -0.05) is 56.7 Å². The molecule has 0 saturated carbocycles. The summed E-state index contributed by atoms with van der Waals surface area (Å²) in [5.74, 6) is 1.57. The fourth-order valence-electron chi connectivity index (χ4n) is 5.84. The monoisotopic (exact) mass is 1290 g/mol. The average Bonchev–Trinajstić information content (AvgIpc) is 4.09. The molecule has 0 unspecified atom stereocenters. The van der Waals surface area contributed by atoms with E-state index in [2.05, 4.69) is 70.8 Å². The second-order valence-electron chi connectivity index (χ2n) is 14.8. The van der Waals surface area contributed by atoms with Gasteiger partial charge in [0.15, 0.2) is 0 Å². The molecule has 0 radical (unpaired) electrons. The molecule has 0 fully saturated rings. The van der Waals surface area contributed by atoms with Crippen LogP contribution >= 0.6 is 31.5 Å². The van der Waals surface area contributed by atoms with Crippen molar-refractivity contribution >= 4 is 31.5 Å². The predicted octanol–water partition coefficient (Wildman–Crippen LogP) is 17.1. The molecule has 6 aromatic heterocycles. The minimum Gasteiger partial charge on any atom is 2.00 e. The zero-order chi connectivity index (χ0) is 57.2. The van der Waals surface area contributed by atoms with E-state index in [-0.39, 0.29) is 19.5 Å². The summed E-state index contributed by atoms with van der Waals surface area (Å²) in [6.07, 6.45) is 7.23. The normalized spacial score (nSPS) is 12.2. The number of pyridine rings is 4. The Morgan fingerprint density at radius 3 is 1.10 bits per heavy atom. The Labute approximate surface area is 457 Å².